The number of aryl methyl sites for hydroxylation is 1. The van der Waals surface area contributed by atoms with E-state index >= 15 is 0 Å². The summed E-state index contributed by atoms with van der Waals surface area (Å²) in [6, 6.07) is 15.1. The zero-order valence-electron chi connectivity index (χ0n) is 24.2. The van der Waals surface area contributed by atoms with Crippen LogP contribution in [0.25, 0.3) is 22.4 Å². The number of rotatable bonds is 8. The number of methoxy groups -OCH3 is 1. The van der Waals surface area contributed by atoms with Crippen molar-refractivity contribution in [2.75, 3.05) is 12.4 Å². The molecule has 43 heavy (non-hydrogen) atoms. The lowest BCUT2D eigenvalue weighted by Crippen LogP contribution is -2.41. The molecular formula is C32H33Cl2N5O4. The fourth-order valence-electron chi connectivity index (χ4n) is 5.43. The van der Waals surface area contributed by atoms with Crippen LogP contribution in [0, 0.1) is 6.92 Å². The Morgan fingerprint density at radius 3 is 2.56 bits per heavy atom. The highest BCUT2D eigenvalue weighted by Gasteiger charge is 2.23. The normalized spacial score (nSPS) is 16.6. The molecule has 0 spiro atoms. The minimum Gasteiger partial charge on any atom is -0.481 e. The van der Waals surface area contributed by atoms with Gasteiger partial charge >= 0.3 is 0 Å². The van der Waals surface area contributed by atoms with Gasteiger partial charge < -0.3 is 20.5 Å². The summed E-state index contributed by atoms with van der Waals surface area (Å²) in [5.74, 6) is -0.143. The van der Waals surface area contributed by atoms with Crippen LogP contribution >= 0.6 is 23.2 Å². The molecule has 0 saturated heterocycles. The molecule has 2 aromatic heterocycles. The Bertz CT molecular complexity index is 1720. The predicted molar refractivity (Wildman–Crippen MR) is 169 cm³/mol. The third-order valence-corrected chi connectivity index (χ3v) is 8.58. The molecule has 1 aliphatic rings. The first-order valence-corrected chi connectivity index (χ1v) is 14.8. The first kappa shape index (κ1) is 30.7. The molecule has 0 aliphatic heterocycles. The summed E-state index contributed by atoms with van der Waals surface area (Å²) in [5.41, 5.74) is 4.31. The molecule has 0 radical (unpaired) electrons. The molecule has 2 atom stereocenters. The van der Waals surface area contributed by atoms with E-state index in [9.17, 15) is 14.7 Å². The van der Waals surface area contributed by atoms with E-state index in [4.69, 9.17) is 32.9 Å². The molecule has 9 nitrogen and oxygen atoms in total. The van der Waals surface area contributed by atoms with Crippen LogP contribution in [0.4, 0.5) is 5.69 Å². The van der Waals surface area contributed by atoms with Crippen LogP contribution in [0.1, 0.15) is 47.2 Å². The van der Waals surface area contributed by atoms with Gasteiger partial charge in [-0.3, -0.25) is 9.59 Å². The summed E-state index contributed by atoms with van der Waals surface area (Å²) in [6.07, 6.45) is 4.83. The lowest BCUT2D eigenvalue weighted by molar-refractivity contribution is 0.0901. The maximum atomic E-state index is 13.1. The Hall–Kier alpha value is -3.76. The molecule has 3 N–H and O–H groups in total. The van der Waals surface area contributed by atoms with Crippen LogP contribution < -0.4 is 20.9 Å². The molecule has 1 fully saturated rings. The Kier molecular flexibility index (Phi) is 9.46. The van der Waals surface area contributed by atoms with Crippen LogP contribution in [0.2, 0.25) is 10.0 Å². The molecular weight excluding hydrogens is 589 g/mol. The molecule has 2 aromatic carbocycles. The van der Waals surface area contributed by atoms with Crippen molar-refractivity contribution in [1.82, 2.24) is 20.1 Å². The number of aliphatic hydroxyl groups is 1. The fourth-order valence-corrected chi connectivity index (χ4v) is 5.97. The summed E-state index contributed by atoms with van der Waals surface area (Å²) in [6.45, 7) is 2.40. The summed E-state index contributed by atoms with van der Waals surface area (Å²) in [4.78, 5) is 30.3. The zero-order valence-corrected chi connectivity index (χ0v) is 25.7. The van der Waals surface area contributed by atoms with Crippen molar-refractivity contribution in [3.05, 3.63) is 91.8 Å². The average molecular weight is 623 g/mol. The minimum atomic E-state index is -0.628. The van der Waals surface area contributed by atoms with E-state index in [-0.39, 0.29) is 22.7 Å². The highest BCUT2D eigenvalue weighted by molar-refractivity contribution is 6.36. The smallest absolute Gasteiger partial charge is 0.280 e. The number of hydrogen-bond donors (Lipinski definition) is 3. The molecule has 0 bridgehead atoms. The number of aromatic nitrogens is 3. The summed E-state index contributed by atoms with van der Waals surface area (Å²) < 4.78 is 6.69. The molecule has 2 heterocycles. The quantitative estimate of drug-likeness (QED) is 0.228. The number of amides is 1. The number of pyridine rings is 1. The maximum absolute atomic E-state index is 13.1. The lowest BCUT2D eigenvalue weighted by Gasteiger charge is -2.28. The van der Waals surface area contributed by atoms with E-state index in [1.807, 2.05) is 43.3 Å². The fraction of sp³-hybridized carbons (Fsp3) is 0.312. The van der Waals surface area contributed by atoms with Crippen molar-refractivity contribution in [2.24, 2.45) is 7.05 Å². The van der Waals surface area contributed by atoms with Crippen molar-refractivity contribution in [1.29, 1.82) is 0 Å². The molecule has 11 heteroatoms. The Morgan fingerprint density at radius 2 is 1.79 bits per heavy atom. The standard InChI is InChI=1S/C32H33Cl2N5O4/c1-18-20(8-7-12-24(18)37-30(41)28-23(33)17-36-39(2)32(28)42)21-9-6-10-22(29(21)34)25-15-14-19(31(38-25)43-3)16-35-26-11-4-5-13-27(26)40/h6-10,12,14-15,17,26-27,35,40H,4-5,11,13,16H2,1-3H3,(H,37,41). The number of carbonyl (C=O) groups is 1. The van der Waals surface area contributed by atoms with Gasteiger partial charge in [0.05, 0.1) is 35.1 Å². The minimum absolute atomic E-state index is 0.0264. The number of anilines is 1. The van der Waals surface area contributed by atoms with Crippen molar-refractivity contribution < 1.29 is 14.6 Å². The number of ether oxygens (including phenoxy) is 1. The first-order valence-electron chi connectivity index (χ1n) is 14.1. The number of halogens is 2. The Labute approximate surface area is 259 Å². The number of carbonyl (C=O) groups excluding carboxylic acids is 1. The van der Waals surface area contributed by atoms with Gasteiger partial charge in [-0.2, -0.15) is 5.10 Å². The molecule has 1 aliphatic carbocycles. The summed E-state index contributed by atoms with van der Waals surface area (Å²) >= 11 is 13.1. The number of nitrogens with one attached hydrogen (secondary N) is 2. The molecule has 2 unspecified atom stereocenters. The largest absolute Gasteiger partial charge is 0.481 e. The second kappa shape index (κ2) is 13.3. The van der Waals surface area contributed by atoms with Gasteiger partial charge in [-0.05, 0) is 43.0 Å². The zero-order chi connectivity index (χ0) is 30.7. The van der Waals surface area contributed by atoms with Gasteiger partial charge in [-0.15, -0.1) is 0 Å². The van der Waals surface area contributed by atoms with E-state index in [2.05, 4.69) is 15.7 Å². The topological polar surface area (TPSA) is 118 Å². The predicted octanol–water partition coefficient (Wildman–Crippen LogP) is 5.78. The molecule has 224 valence electrons. The van der Waals surface area contributed by atoms with Gasteiger partial charge in [-0.1, -0.05) is 72.4 Å². The van der Waals surface area contributed by atoms with Gasteiger partial charge in [0.15, 0.2) is 0 Å². The van der Waals surface area contributed by atoms with Crippen LogP contribution in [-0.4, -0.2) is 45.0 Å². The average Bonchev–Trinajstić information content (AvgIpc) is 3.00. The second-order valence-corrected chi connectivity index (χ2v) is 11.4. The van der Waals surface area contributed by atoms with Crippen molar-refractivity contribution >= 4 is 34.8 Å². The van der Waals surface area contributed by atoms with Gasteiger partial charge in [-0.25, -0.2) is 9.67 Å². The lowest BCUT2D eigenvalue weighted by atomic mass is 9.92. The van der Waals surface area contributed by atoms with Crippen LogP contribution in [0.5, 0.6) is 5.88 Å². The highest BCUT2D eigenvalue weighted by Crippen LogP contribution is 2.39. The monoisotopic (exact) mass is 621 g/mol. The Morgan fingerprint density at radius 1 is 1.07 bits per heavy atom. The maximum Gasteiger partial charge on any atom is 0.280 e. The molecule has 1 amide bonds. The molecule has 4 aromatic rings. The first-order chi connectivity index (χ1) is 20.7. The van der Waals surface area contributed by atoms with Gasteiger partial charge in [0, 0.05) is 42.0 Å². The van der Waals surface area contributed by atoms with Crippen LogP contribution in [0.3, 0.4) is 0 Å². The van der Waals surface area contributed by atoms with Crippen LogP contribution in [-0.2, 0) is 13.6 Å². The number of nitrogens with zero attached hydrogens (tertiary/aromatic N) is 3. The van der Waals surface area contributed by atoms with Crippen LogP contribution in [0.15, 0.2) is 59.5 Å². The van der Waals surface area contributed by atoms with E-state index < -0.39 is 11.5 Å². The summed E-state index contributed by atoms with van der Waals surface area (Å²) in [7, 11) is 3.04. The summed E-state index contributed by atoms with van der Waals surface area (Å²) in [5, 5.41) is 20.9. The highest BCUT2D eigenvalue weighted by atomic mass is 35.5. The SMILES string of the molecule is COc1nc(-c2cccc(-c3cccc(NC(=O)c4c(Cl)cnn(C)c4=O)c3C)c2Cl)ccc1CNC1CCCCC1O. The number of benzene rings is 2. The van der Waals surface area contributed by atoms with Crippen molar-refractivity contribution in [3.63, 3.8) is 0 Å². The van der Waals surface area contributed by atoms with E-state index in [0.29, 0.717) is 28.8 Å². The molecule has 1 saturated carbocycles. The van der Waals surface area contributed by atoms with E-state index in [1.54, 1.807) is 19.2 Å². The van der Waals surface area contributed by atoms with E-state index in [1.165, 1.54) is 13.2 Å². The van der Waals surface area contributed by atoms with E-state index in [0.717, 1.165) is 58.2 Å². The third kappa shape index (κ3) is 6.45. The second-order valence-electron chi connectivity index (χ2n) is 10.6. The third-order valence-electron chi connectivity index (χ3n) is 7.88. The van der Waals surface area contributed by atoms with Gasteiger partial charge in [0.2, 0.25) is 5.88 Å². The van der Waals surface area contributed by atoms with Gasteiger partial charge in [0.25, 0.3) is 11.5 Å². The number of aliphatic hydroxyl groups excluding tert-OH is 1. The molecule has 5 rings (SSSR count). The Balaban J connectivity index is 1.42. The van der Waals surface area contributed by atoms with Crippen molar-refractivity contribution in [3.8, 4) is 28.3 Å². The van der Waals surface area contributed by atoms with Gasteiger partial charge in [0.1, 0.15) is 5.56 Å². The number of hydrogen-bond acceptors (Lipinski definition) is 7. The van der Waals surface area contributed by atoms with Crippen molar-refractivity contribution in [2.45, 2.75) is 51.3 Å².